The second-order valence-electron chi connectivity index (χ2n) is 10.5. The van der Waals surface area contributed by atoms with Crippen molar-refractivity contribution in [3.63, 3.8) is 0 Å². The van der Waals surface area contributed by atoms with Crippen molar-refractivity contribution in [2.24, 2.45) is 16.9 Å². The number of carbonyl (C=O) groups excluding carboxylic acids is 2. The van der Waals surface area contributed by atoms with Crippen molar-refractivity contribution in [3.05, 3.63) is 124 Å². The summed E-state index contributed by atoms with van der Waals surface area (Å²) < 4.78 is 0.882. The minimum Gasteiger partial charge on any atom is -0.323 e. The predicted molar refractivity (Wildman–Crippen MR) is 157 cm³/mol. The van der Waals surface area contributed by atoms with Crippen LogP contribution < -0.4 is 10.3 Å². The topological polar surface area (TPSA) is 90.5 Å². The zero-order valence-electron chi connectivity index (χ0n) is 21.1. The summed E-state index contributed by atoms with van der Waals surface area (Å²) in [7, 11) is 0. The molecule has 2 atom stereocenters. The number of carbonyl (C=O) groups is 2. The van der Waals surface area contributed by atoms with Gasteiger partial charge in [-0.2, -0.15) is 5.10 Å². The molecule has 2 heterocycles. The number of hydrogen-bond acceptors (Lipinski definition) is 5. The Hall–Kier alpha value is -4.56. The number of nitrogens with zero attached hydrogens (tertiary/aromatic N) is 3. The Morgan fingerprint density at radius 3 is 2.20 bits per heavy atom. The van der Waals surface area contributed by atoms with Crippen LogP contribution in [0.25, 0.3) is 11.0 Å². The van der Waals surface area contributed by atoms with E-state index < -0.39 is 17.3 Å². The molecule has 2 bridgehead atoms. The van der Waals surface area contributed by atoms with Crippen LogP contribution in [-0.2, 0) is 15.0 Å². The normalized spacial score (nSPS) is 24.4. The number of nitrogens with one attached hydrogen (secondary N) is 2. The van der Waals surface area contributed by atoms with Crippen LogP contribution in [0, 0.1) is 11.8 Å². The molecule has 9 rings (SSSR count). The van der Waals surface area contributed by atoms with Crippen molar-refractivity contribution >= 4 is 56.6 Å². The molecule has 4 aromatic carbocycles. The summed E-state index contributed by atoms with van der Waals surface area (Å²) in [4.78, 5) is 37.8. The van der Waals surface area contributed by atoms with Gasteiger partial charge in [0.15, 0.2) is 0 Å². The van der Waals surface area contributed by atoms with E-state index >= 15 is 0 Å². The number of hydrogen-bond donors (Lipinski definition) is 2. The smallest absolute Gasteiger partial charge is 0.239 e. The molecule has 2 amide bonds. The van der Waals surface area contributed by atoms with Gasteiger partial charge in [-0.3, -0.25) is 9.59 Å². The van der Waals surface area contributed by atoms with Crippen LogP contribution in [-0.4, -0.2) is 28.0 Å². The largest absolute Gasteiger partial charge is 0.323 e. The number of amides is 2. The van der Waals surface area contributed by atoms with Crippen LogP contribution in [0.15, 0.2) is 107 Å². The number of aromatic amines is 1. The van der Waals surface area contributed by atoms with E-state index in [1.807, 2.05) is 79.0 Å². The highest BCUT2D eigenvalue weighted by atomic mass is 79.9. The Kier molecular flexibility index (Phi) is 4.94. The average Bonchev–Trinajstić information content (AvgIpc) is 3.52. The van der Waals surface area contributed by atoms with Crippen molar-refractivity contribution in [1.29, 1.82) is 0 Å². The first kappa shape index (κ1) is 23.3. The Bertz CT molecular complexity index is 1800. The number of rotatable bonds is 4. The second-order valence-corrected chi connectivity index (χ2v) is 11.4. The van der Waals surface area contributed by atoms with Gasteiger partial charge < -0.3 is 4.98 Å². The van der Waals surface area contributed by atoms with E-state index in [0.717, 1.165) is 37.8 Å². The van der Waals surface area contributed by atoms with Crippen LogP contribution in [0.5, 0.6) is 0 Å². The maximum atomic E-state index is 14.4. The highest BCUT2D eigenvalue weighted by Gasteiger charge is 2.68. The minimum atomic E-state index is -0.942. The summed E-state index contributed by atoms with van der Waals surface area (Å²) in [6.07, 6.45) is 1.82. The van der Waals surface area contributed by atoms with Crippen molar-refractivity contribution in [2.75, 3.05) is 10.3 Å². The van der Waals surface area contributed by atoms with E-state index in [1.165, 1.54) is 4.90 Å². The van der Waals surface area contributed by atoms with Crippen molar-refractivity contribution in [2.45, 2.75) is 11.3 Å². The Morgan fingerprint density at radius 2 is 1.50 bits per heavy atom. The molecule has 0 spiro atoms. The third kappa shape index (κ3) is 3.05. The quantitative estimate of drug-likeness (QED) is 0.154. The lowest BCUT2D eigenvalue weighted by Gasteiger charge is -2.52. The molecular weight excluding hydrogens is 566 g/mol. The number of anilines is 2. The molecule has 3 aliphatic carbocycles. The molecule has 2 unspecified atom stereocenters. The SMILES string of the molecule is O=C1C2C3c4ccccc4C(/C=N/Nc4nc5ccccc5[nH]4)(c4ccccc43)C2C(=O)N1c1ccc(Br)cc1. The second kappa shape index (κ2) is 8.47. The molecule has 1 saturated heterocycles. The average molecular weight is 588 g/mol. The van der Waals surface area contributed by atoms with Crippen molar-refractivity contribution in [1.82, 2.24) is 9.97 Å². The molecular formula is C32H22BrN5O2. The monoisotopic (exact) mass is 587 g/mol. The zero-order valence-corrected chi connectivity index (χ0v) is 22.7. The first-order valence-corrected chi connectivity index (χ1v) is 13.9. The number of para-hydroxylation sites is 2. The number of H-pyrrole nitrogens is 1. The number of fused-ring (bicyclic) bond motifs is 1. The van der Waals surface area contributed by atoms with Gasteiger partial charge in [-0.15, -0.1) is 0 Å². The van der Waals surface area contributed by atoms with Crippen molar-refractivity contribution < 1.29 is 9.59 Å². The van der Waals surface area contributed by atoms with Crippen LogP contribution in [0.1, 0.15) is 28.2 Å². The van der Waals surface area contributed by atoms with E-state index in [2.05, 4.69) is 55.6 Å². The fourth-order valence-corrected chi connectivity index (χ4v) is 7.36. The molecule has 4 aliphatic rings. The maximum Gasteiger partial charge on any atom is 0.239 e. The molecule has 40 heavy (non-hydrogen) atoms. The summed E-state index contributed by atoms with van der Waals surface area (Å²) in [5.74, 6) is -1.27. The molecule has 1 aliphatic heterocycles. The minimum absolute atomic E-state index is 0.172. The third-order valence-corrected chi connectivity index (χ3v) is 9.13. The molecule has 1 aromatic heterocycles. The van der Waals surface area contributed by atoms with E-state index in [0.29, 0.717) is 11.6 Å². The van der Waals surface area contributed by atoms with Crippen LogP contribution in [0.3, 0.4) is 0 Å². The number of imidazole rings is 1. The van der Waals surface area contributed by atoms with Crippen LogP contribution >= 0.6 is 15.9 Å². The first-order valence-electron chi connectivity index (χ1n) is 13.1. The first-order chi connectivity index (χ1) is 19.6. The van der Waals surface area contributed by atoms with Gasteiger partial charge in [0.1, 0.15) is 0 Å². The van der Waals surface area contributed by atoms with Gasteiger partial charge in [-0.1, -0.05) is 76.6 Å². The van der Waals surface area contributed by atoms with Crippen molar-refractivity contribution in [3.8, 4) is 0 Å². The number of benzene rings is 4. The molecule has 5 aromatic rings. The van der Waals surface area contributed by atoms with E-state index in [1.54, 1.807) is 0 Å². The van der Waals surface area contributed by atoms with Gasteiger partial charge in [0.05, 0.1) is 34.0 Å². The molecule has 194 valence electrons. The molecule has 0 radical (unpaired) electrons. The van der Waals surface area contributed by atoms with Gasteiger partial charge in [-0.25, -0.2) is 15.3 Å². The van der Waals surface area contributed by atoms with E-state index in [4.69, 9.17) is 5.10 Å². The Morgan fingerprint density at radius 1 is 0.850 bits per heavy atom. The summed E-state index contributed by atoms with van der Waals surface area (Å²) in [6.45, 7) is 0. The van der Waals surface area contributed by atoms with Crippen LogP contribution in [0.4, 0.5) is 11.6 Å². The zero-order chi connectivity index (χ0) is 27.0. The van der Waals surface area contributed by atoms with E-state index in [9.17, 15) is 9.59 Å². The molecule has 1 fully saturated rings. The van der Waals surface area contributed by atoms with Gasteiger partial charge in [0.2, 0.25) is 17.8 Å². The van der Waals surface area contributed by atoms with Gasteiger partial charge >= 0.3 is 0 Å². The third-order valence-electron chi connectivity index (χ3n) is 8.60. The van der Waals surface area contributed by atoms with Gasteiger partial charge in [-0.05, 0) is 58.7 Å². The lowest BCUT2D eigenvalue weighted by Crippen LogP contribution is -2.54. The summed E-state index contributed by atoms with van der Waals surface area (Å²) in [5, 5.41) is 4.70. The fourth-order valence-electron chi connectivity index (χ4n) is 7.10. The summed E-state index contributed by atoms with van der Waals surface area (Å²) >= 11 is 3.46. The Balaban J connectivity index is 1.32. The fraction of sp³-hybridized carbons (Fsp3) is 0.125. The predicted octanol–water partition coefficient (Wildman–Crippen LogP) is 5.97. The highest BCUT2D eigenvalue weighted by Crippen LogP contribution is 2.63. The lowest BCUT2D eigenvalue weighted by atomic mass is 9.47. The Labute approximate surface area is 238 Å². The number of aromatic nitrogens is 2. The number of halogens is 1. The number of hydrazone groups is 1. The van der Waals surface area contributed by atoms with Crippen LogP contribution in [0.2, 0.25) is 0 Å². The summed E-state index contributed by atoms with van der Waals surface area (Å²) in [6, 6.07) is 31.4. The molecule has 2 N–H and O–H groups in total. The lowest BCUT2D eigenvalue weighted by molar-refractivity contribution is -0.122. The molecule has 0 saturated carbocycles. The molecule has 7 nitrogen and oxygen atoms in total. The number of imide groups is 1. The van der Waals surface area contributed by atoms with E-state index in [-0.39, 0.29) is 17.7 Å². The van der Waals surface area contributed by atoms with Gasteiger partial charge in [0.25, 0.3) is 0 Å². The molecule has 8 heteroatoms. The van der Waals surface area contributed by atoms with Gasteiger partial charge in [0, 0.05) is 16.6 Å². The maximum absolute atomic E-state index is 14.4. The standard InChI is InChI=1S/C32H22BrN5O2/c33-18-13-15-19(16-14-18)38-29(39)27-26-20-7-1-3-9-22(20)32(28(27)30(38)40,23-10-4-2-8-21(23)26)17-34-37-31-35-24-11-5-6-12-25(24)36-31/h1-17,26-28H,(H2,35,36,37)/b34-17+. The highest BCUT2D eigenvalue weighted by molar-refractivity contribution is 9.10. The summed E-state index contributed by atoms with van der Waals surface area (Å²) in [5.41, 5.74) is 8.57.